The second kappa shape index (κ2) is 14.3. The number of ether oxygens (including phenoxy) is 1. The molecule has 0 bridgehead atoms. The van der Waals surface area contributed by atoms with Crippen molar-refractivity contribution < 1.29 is 24.2 Å². The van der Waals surface area contributed by atoms with Crippen molar-refractivity contribution in [2.75, 3.05) is 19.6 Å². The van der Waals surface area contributed by atoms with E-state index in [1.54, 1.807) is 0 Å². The first-order valence-corrected chi connectivity index (χ1v) is 23.1. The summed E-state index contributed by atoms with van der Waals surface area (Å²) in [6.07, 6.45) is 15.1. The highest BCUT2D eigenvalue weighted by Crippen LogP contribution is 2.77. The zero-order valence-corrected chi connectivity index (χ0v) is 36.9. The number of fused-ring (bicyclic) bond motifs is 7. The van der Waals surface area contributed by atoms with E-state index in [1.165, 1.54) is 51.6 Å². The van der Waals surface area contributed by atoms with Crippen LogP contribution in [0.5, 0.6) is 0 Å². The number of carboxylic acid groups (broad SMARTS) is 1. The minimum Gasteiger partial charge on any atom is -0.481 e. The summed E-state index contributed by atoms with van der Waals surface area (Å²) in [4.78, 5) is 43.1. The zero-order chi connectivity index (χ0) is 40.1. The minimum absolute atomic E-state index is 0.141. The predicted molar refractivity (Wildman–Crippen MR) is 219 cm³/mol. The van der Waals surface area contributed by atoms with Crippen molar-refractivity contribution in [3.8, 4) is 0 Å². The molecule has 0 spiro atoms. The third-order valence-electron chi connectivity index (χ3n) is 19.6. The number of carbonyl (C=O) groups is 3. The van der Waals surface area contributed by atoms with Gasteiger partial charge in [0.1, 0.15) is 6.10 Å². The molecule has 55 heavy (non-hydrogen) atoms. The first kappa shape index (κ1) is 41.5. The molecule has 0 aromatic carbocycles. The summed E-state index contributed by atoms with van der Waals surface area (Å²) in [6.45, 7) is 29.4. The fraction of sp³-hybridized carbons (Fsp3) is 0.938. The molecule has 7 rings (SSSR count). The molecular formula is C48H80N2O5. The SMILES string of the molecule is CC(C)C[C@@H](CN1CCCC1)NC(=O)[C@]12CC[C@@H](C(C)C)[C@@H]1[C@H]1CC[C@@H]3[C@@]4(C)CC[C@H](OC(=O)[C@H]5C[C@@H](C(=O)O)C5(C)C)C(C)(C)[C@@H]4CC[C@@]3(C)[C@]1(C)CC2. The molecule has 7 nitrogen and oxygen atoms in total. The third kappa shape index (κ3) is 6.37. The molecule has 1 aliphatic heterocycles. The largest absolute Gasteiger partial charge is 0.481 e. The van der Waals surface area contributed by atoms with Crippen molar-refractivity contribution >= 4 is 17.8 Å². The molecule has 7 fully saturated rings. The number of aliphatic carboxylic acids is 1. The van der Waals surface area contributed by atoms with Crippen LogP contribution in [-0.2, 0) is 19.1 Å². The van der Waals surface area contributed by atoms with Crippen LogP contribution in [0.25, 0.3) is 0 Å². The Kier molecular flexibility index (Phi) is 10.8. The molecule has 6 aliphatic carbocycles. The van der Waals surface area contributed by atoms with Crippen LogP contribution in [0.1, 0.15) is 166 Å². The van der Waals surface area contributed by atoms with Crippen LogP contribution < -0.4 is 5.32 Å². The zero-order valence-electron chi connectivity index (χ0n) is 36.9. The van der Waals surface area contributed by atoms with Crippen LogP contribution in [0, 0.1) is 85.8 Å². The molecule has 13 atom stereocenters. The summed E-state index contributed by atoms with van der Waals surface area (Å²) in [6, 6.07) is 0.232. The van der Waals surface area contributed by atoms with Crippen LogP contribution >= 0.6 is 0 Å². The molecule has 1 heterocycles. The van der Waals surface area contributed by atoms with E-state index in [4.69, 9.17) is 4.74 Å². The monoisotopic (exact) mass is 765 g/mol. The lowest BCUT2D eigenvalue weighted by atomic mass is 9.32. The van der Waals surface area contributed by atoms with E-state index in [2.05, 4.69) is 72.5 Å². The number of nitrogens with zero attached hydrogens (tertiary/aromatic N) is 1. The Morgan fingerprint density at radius 3 is 2.07 bits per heavy atom. The molecule has 0 aromatic heterocycles. The van der Waals surface area contributed by atoms with E-state index in [0.717, 1.165) is 51.5 Å². The molecular weight excluding hydrogens is 685 g/mol. The molecule has 7 aliphatic rings. The van der Waals surface area contributed by atoms with Gasteiger partial charge in [-0.05, 0) is 166 Å². The maximum Gasteiger partial charge on any atom is 0.309 e. The predicted octanol–water partition coefficient (Wildman–Crippen LogP) is 10.0. The second-order valence-corrected chi connectivity index (χ2v) is 23.4. The number of likely N-dealkylation sites (tertiary alicyclic amines) is 1. The Bertz CT molecular complexity index is 1480. The third-order valence-corrected chi connectivity index (χ3v) is 19.6. The van der Waals surface area contributed by atoms with E-state index in [9.17, 15) is 14.7 Å². The van der Waals surface area contributed by atoms with Gasteiger partial charge in [-0.1, -0.05) is 76.2 Å². The molecule has 1 saturated heterocycles. The van der Waals surface area contributed by atoms with Gasteiger partial charge in [-0.2, -0.15) is 0 Å². The van der Waals surface area contributed by atoms with Crippen molar-refractivity contribution in [3.05, 3.63) is 0 Å². The topological polar surface area (TPSA) is 95.9 Å². The van der Waals surface area contributed by atoms with Crippen molar-refractivity contribution in [1.82, 2.24) is 10.2 Å². The van der Waals surface area contributed by atoms with E-state index in [0.29, 0.717) is 53.8 Å². The Hall–Kier alpha value is -1.63. The summed E-state index contributed by atoms with van der Waals surface area (Å²) < 4.78 is 6.46. The van der Waals surface area contributed by atoms with Crippen molar-refractivity contribution in [2.24, 2.45) is 85.8 Å². The Morgan fingerprint density at radius 2 is 1.45 bits per heavy atom. The lowest BCUT2D eigenvalue weighted by Crippen LogP contribution is -2.68. The molecule has 2 N–H and O–H groups in total. The molecule has 0 aromatic rings. The molecule has 0 radical (unpaired) electrons. The normalized spacial score (nSPS) is 45.1. The van der Waals surface area contributed by atoms with Gasteiger partial charge in [-0.25, -0.2) is 0 Å². The first-order valence-electron chi connectivity index (χ1n) is 23.1. The van der Waals surface area contributed by atoms with E-state index in [-0.39, 0.29) is 51.1 Å². The Balaban J connectivity index is 1.11. The van der Waals surface area contributed by atoms with Gasteiger partial charge in [0.25, 0.3) is 0 Å². The Morgan fingerprint density at radius 1 is 0.764 bits per heavy atom. The van der Waals surface area contributed by atoms with E-state index in [1.807, 2.05) is 13.8 Å². The number of hydrogen-bond donors (Lipinski definition) is 2. The van der Waals surface area contributed by atoms with Crippen LogP contribution in [-0.4, -0.2) is 59.6 Å². The average molecular weight is 765 g/mol. The molecule has 1 amide bonds. The summed E-state index contributed by atoms with van der Waals surface area (Å²) in [5, 5.41) is 13.5. The lowest BCUT2D eigenvalue weighted by molar-refractivity contribution is -0.252. The molecule has 312 valence electrons. The van der Waals surface area contributed by atoms with E-state index < -0.39 is 17.3 Å². The van der Waals surface area contributed by atoms with Crippen LogP contribution in [0.4, 0.5) is 0 Å². The fourth-order valence-electron chi connectivity index (χ4n) is 16.3. The number of nitrogens with one attached hydrogen (secondary N) is 1. The number of esters is 1. The van der Waals surface area contributed by atoms with Crippen molar-refractivity contribution in [3.63, 3.8) is 0 Å². The van der Waals surface area contributed by atoms with Crippen LogP contribution in [0.2, 0.25) is 0 Å². The maximum absolute atomic E-state index is 15.0. The lowest BCUT2D eigenvalue weighted by Gasteiger charge is -2.73. The minimum atomic E-state index is -0.806. The van der Waals surface area contributed by atoms with Crippen LogP contribution in [0.3, 0.4) is 0 Å². The van der Waals surface area contributed by atoms with Gasteiger partial charge in [0.05, 0.1) is 17.3 Å². The number of amides is 1. The first-order chi connectivity index (χ1) is 25.6. The van der Waals surface area contributed by atoms with Crippen LogP contribution in [0.15, 0.2) is 0 Å². The van der Waals surface area contributed by atoms with Gasteiger partial charge in [0.15, 0.2) is 0 Å². The van der Waals surface area contributed by atoms with Gasteiger partial charge in [0, 0.05) is 18.0 Å². The summed E-state index contributed by atoms with van der Waals surface area (Å²) in [5.41, 5.74) is -0.425. The van der Waals surface area contributed by atoms with Gasteiger partial charge < -0.3 is 20.1 Å². The van der Waals surface area contributed by atoms with E-state index >= 15 is 4.79 Å². The Labute approximate surface area is 335 Å². The summed E-state index contributed by atoms with van der Waals surface area (Å²) in [7, 11) is 0. The number of carboxylic acids is 1. The molecule has 6 saturated carbocycles. The standard InChI is InChI=1S/C48H80N2O5/c1-29(2)26-31(28-50-24-12-13-25-50)49-42(54)48-21-16-32(30(3)4)39(48)33-14-15-37-45(9)19-18-38(55-41(53)35-27-34(40(51)52)43(35,5)6)44(7,8)36(45)17-20-47(37,11)46(33,10)22-23-48/h29-39H,12-28H2,1-11H3,(H,49,54)(H,51,52)/t31-,32-,33+,34-,35+,36-,37+,38-,39+,45-,46+,47+,48-/m0/s1. The van der Waals surface area contributed by atoms with Crippen molar-refractivity contribution in [1.29, 1.82) is 0 Å². The fourth-order valence-corrected chi connectivity index (χ4v) is 16.3. The van der Waals surface area contributed by atoms with Gasteiger partial charge in [-0.3, -0.25) is 14.4 Å². The number of carbonyl (C=O) groups excluding carboxylic acids is 2. The molecule has 7 heteroatoms. The number of rotatable bonds is 10. The second-order valence-electron chi connectivity index (χ2n) is 23.4. The number of hydrogen-bond acceptors (Lipinski definition) is 5. The average Bonchev–Trinajstić information content (AvgIpc) is 3.74. The van der Waals surface area contributed by atoms with Gasteiger partial charge in [0.2, 0.25) is 5.91 Å². The highest BCUT2D eigenvalue weighted by atomic mass is 16.5. The maximum atomic E-state index is 15.0. The summed E-state index contributed by atoms with van der Waals surface area (Å²) in [5.74, 6) is 2.39. The highest BCUT2D eigenvalue weighted by Gasteiger charge is 2.72. The van der Waals surface area contributed by atoms with Gasteiger partial charge in [-0.15, -0.1) is 0 Å². The molecule has 0 unspecified atom stereocenters. The highest BCUT2D eigenvalue weighted by molar-refractivity contribution is 5.84. The van der Waals surface area contributed by atoms with Crippen molar-refractivity contribution in [2.45, 2.75) is 178 Å². The van der Waals surface area contributed by atoms with Gasteiger partial charge >= 0.3 is 11.9 Å². The smallest absolute Gasteiger partial charge is 0.309 e. The quantitative estimate of drug-likeness (QED) is 0.215. The summed E-state index contributed by atoms with van der Waals surface area (Å²) >= 11 is 0.